The second-order valence-corrected chi connectivity index (χ2v) is 10.1. The first-order valence-electron chi connectivity index (χ1n) is 10.4. The van der Waals surface area contributed by atoms with Gasteiger partial charge in [0.05, 0.1) is 11.9 Å². The fraction of sp³-hybridized carbons (Fsp3) is 0.435. The molecule has 0 bridgehead atoms. The van der Waals surface area contributed by atoms with Crippen LogP contribution < -0.4 is 14.4 Å². The number of anilines is 2. The molecule has 8 heteroatoms. The van der Waals surface area contributed by atoms with Crippen molar-refractivity contribution in [1.29, 1.82) is 0 Å². The van der Waals surface area contributed by atoms with Crippen LogP contribution >= 0.6 is 0 Å². The van der Waals surface area contributed by atoms with Crippen LogP contribution in [0.25, 0.3) is 0 Å². The van der Waals surface area contributed by atoms with E-state index in [4.69, 9.17) is 4.74 Å². The van der Waals surface area contributed by atoms with Crippen molar-refractivity contribution >= 4 is 27.3 Å². The average molecular weight is 446 g/mol. The fourth-order valence-corrected chi connectivity index (χ4v) is 4.78. The van der Waals surface area contributed by atoms with Crippen molar-refractivity contribution in [2.75, 3.05) is 42.6 Å². The molecule has 1 N–H and O–H groups in total. The quantitative estimate of drug-likeness (QED) is 0.708. The van der Waals surface area contributed by atoms with Gasteiger partial charge in [-0.15, -0.1) is 0 Å². The second-order valence-electron chi connectivity index (χ2n) is 8.20. The molecule has 0 saturated carbocycles. The van der Waals surface area contributed by atoms with Crippen molar-refractivity contribution < 1.29 is 17.9 Å². The van der Waals surface area contributed by atoms with Crippen LogP contribution in [0.4, 0.5) is 11.4 Å². The van der Waals surface area contributed by atoms with Crippen LogP contribution in [0.3, 0.4) is 0 Å². The number of sulfonamides is 1. The number of hydrogen-bond donors (Lipinski definition) is 1. The number of ether oxygens (including phenoxy) is 1. The number of hydrogen-bond acceptors (Lipinski definition) is 5. The maximum absolute atomic E-state index is 12.6. The Labute approximate surface area is 185 Å². The lowest BCUT2D eigenvalue weighted by Crippen LogP contribution is -2.38. The molecule has 2 aromatic carbocycles. The van der Waals surface area contributed by atoms with Crippen LogP contribution in [0.5, 0.6) is 5.75 Å². The minimum Gasteiger partial charge on any atom is -0.490 e. The van der Waals surface area contributed by atoms with Crippen LogP contribution in [0, 0.1) is 13.8 Å². The Morgan fingerprint density at radius 2 is 1.68 bits per heavy atom. The fourth-order valence-electron chi connectivity index (χ4n) is 3.80. The van der Waals surface area contributed by atoms with E-state index in [1.807, 2.05) is 44.2 Å². The van der Waals surface area contributed by atoms with Gasteiger partial charge < -0.3 is 15.0 Å². The molecule has 0 unspecified atom stereocenters. The van der Waals surface area contributed by atoms with Gasteiger partial charge in [0.15, 0.2) is 0 Å². The normalized spacial score (nSPS) is 15.5. The predicted molar refractivity (Wildman–Crippen MR) is 124 cm³/mol. The summed E-state index contributed by atoms with van der Waals surface area (Å²) in [6, 6.07) is 12.7. The van der Waals surface area contributed by atoms with Crippen molar-refractivity contribution in [1.82, 2.24) is 4.90 Å². The van der Waals surface area contributed by atoms with Crippen molar-refractivity contribution in [3.63, 3.8) is 0 Å². The minimum absolute atomic E-state index is 0.206. The molecule has 0 spiro atoms. The van der Waals surface area contributed by atoms with Gasteiger partial charge in [-0.3, -0.25) is 9.10 Å². The van der Waals surface area contributed by atoms with E-state index >= 15 is 0 Å². The van der Waals surface area contributed by atoms with Crippen LogP contribution in [0.15, 0.2) is 42.5 Å². The van der Waals surface area contributed by atoms with E-state index in [9.17, 15) is 13.2 Å². The molecule has 1 heterocycles. The van der Waals surface area contributed by atoms with E-state index in [0.29, 0.717) is 11.4 Å². The second kappa shape index (κ2) is 9.70. The summed E-state index contributed by atoms with van der Waals surface area (Å²) < 4.78 is 32.0. The number of amides is 1. The molecule has 0 aliphatic carbocycles. The number of para-hydroxylation sites is 1. The summed E-state index contributed by atoms with van der Waals surface area (Å²) in [5.74, 6) is 0.359. The van der Waals surface area contributed by atoms with E-state index in [0.717, 1.165) is 53.4 Å². The van der Waals surface area contributed by atoms with Gasteiger partial charge in [-0.2, -0.15) is 0 Å². The predicted octanol–water partition coefficient (Wildman–Crippen LogP) is 3.18. The summed E-state index contributed by atoms with van der Waals surface area (Å²) in [4.78, 5) is 14.9. The molecule has 0 radical (unpaired) electrons. The van der Waals surface area contributed by atoms with Crippen molar-refractivity contribution in [3.8, 4) is 5.75 Å². The summed E-state index contributed by atoms with van der Waals surface area (Å²) in [6.45, 7) is 5.42. The molecule has 0 atom stereocenters. The van der Waals surface area contributed by atoms with Gasteiger partial charge >= 0.3 is 0 Å². The minimum atomic E-state index is -3.63. The number of nitrogens with one attached hydrogen (secondary N) is 1. The highest BCUT2D eigenvalue weighted by Crippen LogP contribution is 2.27. The number of piperidine rings is 1. The molecule has 3 rings (SSSR count). The van der Waals surface area contributed by atoms with Crippen LogP contribution in [-0.4, -0.2) is 58.3 Å². The van der Waals surface area contributed by atoms with Gasteiger partial charge in [0.25, 0.3) is 0 Å². The van der Waals surface area contributed by atoms with E-state index < -0.39 is 15.9 Å². The third-order valence-corrected chi connectivity index (χ3v) is 6.60. The van der Waals surface area contributed by atoms with Gasteiger partial charge in [-0.05, 0) is 69.1 Å². The zero-order valence-corrected chi connectivity index (χ0v) is 19.4. The van der Waals surface area contributed by atoms with E-state index in [-0.39, 0.29) is 12.6 Å². The monoisotopic (exact) mass is 445 g/mol. The van der Waals surface area contributed by atoms with Gasteiger partial charge in [0.2, 0.25) is 15.9 Å². The Morgan fingerprint density at radius 3 is 2.23 bits per heavy atom. The first-order valence-corrected chi connectivity index (χ1v) is 12.3. The number of rotatable bonds is 7. The summed E-state index contributed by atoms with van der Waals surface area (Å²) >= 11 is 0. The van der Waals surface area contributed by atoms with Crippen LogP contribution in [0.1, 0.15) is 24.0 Å². The summed E-state index contributed by atoms with van der Waals surface area (Å²) in [6.07, 6.45) is 3.31. The van der Waals surface area contributed by atoms with E-state index in [1.54, 1.807) is 12.1 Å². The first kappa shape index (κ1) is 23.1. The molecule has 1 amide bonds. The summed E-state index contributed by atoms with van der Waals surface area (Å²) in [5, 5.41) is 2.78. The molecule has 1 aliphatic rings. The molecule has 168 valence electrons. The molecule has 31 heavy (non-hydrogen) atoms. The van der Waals surface area contributed by atoms with Gasteiger partial charge in [-0.1, -0.05) is 18.2 Å². The lowest BCUT2D eigenvalue weighted by atomic mass is 10.1. The molecule has 7 nitrogen and oxygen atoms in total. The summed E-state index contributed by atoms with van der Waals surface area (Å²) in [7, 11) is -1.52. The van der Waals surface area contributed by atoms with Crippen molar-refractivity contribution in [3.05, 3.63) is 53.6 Å². The maximum atomic E-state index is 12.6. The molecule has 2 aromatic rings. The number of carbonyl (C=O) groups is 1. The van der Waals surface area contributed by atoms with Crippen molar-refractivity contribution in [2.45, 2.75) is 32.8 Å². The van der Waals surface area contributed by atoms with Gasteiger partial charge in [0.1, 0.15) is 18.4 Å². The third kappa shape index (κ3) is 6.21. The molecular formula is C23H31N3O4S. The Balaban J connectivity index is 1.65. The largest absolute Gasteiger partial charge is 0.490 e. The van der Waals surface area contributed by atoms with E-state index in [1.165, 1.54) is 0 Å². The Hall–Kier alpha value is -2.58. The molecular weight excluding hydrogens is 414 g/mol. The average Bonchev–Trinajstić information content (AvgIpc) is 2.69. The zero-order chi connectivity index (χ0) is 22.6. The highest BCUT2D eigenvalue weighted by atomic mass is 32.2. The Kier molecular flexibility index (Phi) is 7.23. The van der Waals surface area contributed by atoms with Crippen molar-refractivity contribution in [2.24, 2.45) is 0 Å². The molecule has 1 fully saturated rings. The van der Waals surface area contributed by atoms with E-state index in [2.05, 4.69) is 17.3 Å². The van der Waals surface area contributed by atoms with Gasteiger partial charge in [-0.25, -0.2) is 8.42 Å². The SMILES string of the molecule is Cc1cccc(C)c1N(CC(=O)Nc1ccc(OC2CCN(C)CC2)cc1)S(C)(=O)=O. The first-order chi connectivity index (χ1) is 14.6. The molecule has 1 saturated heterocycles. The molecule has 0 aromatic heterocycles. The van der Waals surface area contributed by atoms with Crippen LogP contribution in [-0.2, 0) is 14.8 Å². The molecule has 1 aliphatic heterocycles. The smallest absolute Gasteiger partial charge is 0.245 e. The summed E-state index contributed by atoms with van der Waals surface area (Å²) in [5.41, 5.74) is 2.74. The number of nitrogens with zero attached hydrogens (tertiary/aromatic N) is 2. The Morgan fingerprint density at radius 1 is 1.10 bits per heavy atom. The highest BCUT2D eigenvalue weighted by molar-refractivity contribution is 7.92. The lowest BCUT2D eigenvalue weighted by Gasteiger charge is -2.29. The number of benzene rings is 2. The number of carbonyl (C=O) groups excluding carboxylic acids is 1. The maximum Gasteiger partial charge on any atom is 0.245 e. The Bertz CT molecular complexity index is 993. The number of likely N-dealkylation sites (tertiary alicyclic amines) is 1. The van der Waals surface area contributed by atoms with Gasteiger partial charge in [0, 0.05) is 18.8 Å². The number of aryl methyl sites for hydroxylation is 2. The zero-order valence-electron chi connectivity index (χ0n) is 18.6. The lowest BCUT2D eigenvalue weighted by molar-refractivity contribution is -0.114. The van der Waals surface area contributed by atoms with Crippen LogP contribution in [0.2, 0.25) is 0 Å². The standard InChI is InChI=1S/C23H31N3O4S/c1-17-6-5-7-18(2)23(17)26(31(4,28)29)16-22(27)24-19-8-10-20(11-9-19)30-21-12-14-25(3)15-13-21/h5-11,21H,12-16H2,1-4H3,(H,24,27). The third-order valence-electron chi connectivity index (χ3n) is 5.48. The topological polar surface area (TPSA) is 79.0 Å². The highest BCUT2D eigenvalue weighted by Gasteiger charge is 2.24.